The van der Waals surface area contributed by atoms with Crippen LogP contribution in [-0.4, -0.2) is 45.9 Å². The fourth-order valence-corrected chi connectivity index (χ4v) is 3.87. The minimum atomic E-state index is -0.134. The number of nitrogens with one attached hydrogen (secondary N) is 1. The first-order chi connectivity index (χ1) is 12.1. The number of piperidine rings is 1. The topological polar surface area (TPSA) is 67.2 Å². The van der Waals surface area contributed by atoms with Crippen LogP contribution in [0, 0.1) is 5.92 Å². The van der Waals surface area contributed by atoms with Gasteiger partial charge in [-0.15, -0.1) is 0 Å². The second-order valence-electron chi connectivity index (χ2n) is 7.45. The quantitative estimate of drug-likeness (QED) is 0.834. The van der Waals surface area contributed by atoms with Crippen LogP contribution in [0.25, 0.3) is 0 Å². The summed E-state index contributed by atoms with van der Waals surface area (Å²) in [5.74, 6) is 0.849. The largest absolute Gasteiger partial charge is 0.351 e. The van der Waals surface area contributed by atoms with Crippen molar-refractivity contribution in [1.82, 2.24) is 19.8 Å². The molecule has 0 bridgehead atoms. The Bertz CT molecular complexity index is 638. The Hall–Kier alpha value is -1.85. The van der Waals surface area contributed by atoms with Crippen LogP contribution in [0.3, 0.4) is 0 Å². The average Bonchev–Trinajstić information content (AvgIpc) is 3.01. The highest BCUT2D eigenvalue weighted by Gasteiger charge is 2.31. The van der Waals surface area contributed by atoms with E-state index in [1.165, 1.54) is 6.42 Å². The molecular formula is C19H30N4O2. The van der Waals surface area contributed by atoms with Gasteiger partial charge in [0, 0.05) is 26.2 Å². The lowest BCUT2D eigenvalue weighted by molar-refractivity contribution is 0.0664. The van der Waals surface area contributed by atoms with Gasteiger partial charge in [0.05, 0.1) is 5.69 Å². The number of carbonyl (C=O) groups excluding carboxylic acids is 2. The number of hydrogen-bond donors (Lipinski definition) is 1. The molecule has 0 radical (unpaired) electrons. The van der Waals surface area contributed by atoms with E-state index in [4.69, 9.17) is 0 Å². The second kappa shape index (κ2) is 8.02. The van der Waals surface area contributed by atoms with Crippen LogP contribution in [0.15, 0.2) is 0 Å². The van der Waals surface area contributed by atoms with E-state index in [0.717, 1.165) is 63.9 Å². The van der Waals surface area contributed by atoms with Gasteiger partial charge < -0.3 is 14.8 Å². The molecule has 138 valence electrons. The Labute approximate surface area is 150 Å². The zero-order chi connectivity index (χ0) is 17.8. The molecule has 0 aromatic carbocycles. The van der Waals surface area contributed by atoms with Crippen molar-refractivity contribution in [2.75, 3.05) is 19.6 Å². The third-order valence-corrected chi connectivity index (χ3v) is 5.28. The molecule has 0 aliphatic carbocycles. The molecule has 2 aliphatic rings. The molecule has 0 saturated carbocycles. The smallest absolute Gasteiger partial charge is 0.289 e. The summed E-state index contributed by atoms with van der Waals surface area (Å²) in [6, 6.07) is 0. The van der Waals surface area contributed by atoms with Crippen molar-refractivity contribution in [2.45, 2.75) is 65.3 Å². The standard InChI is InChI=1S/C19H30N4O2/c1-3-4-10-20-18(24)16-15-9-5-6-12-23(15)17(21-16)19(25)22-11-7-8-14(2)13-22/h14H,3-13H2,1-2H3,(H,20,24). The van der Waals surface area contributed by atoms with E-state index in [2.05, 4.69) is 24.1 Å². The molecule has 3 rings (SSSR count). The molecule has 25 heavy (non-hydrogen) atoms. The van der Waals surface area contributed by atoms with E-state index >= 15 is 0 Å². The number of nitrogens with zero attached hydrogens (tertiary/aromatic N) is 3. The van der Waals surface area contributed by atoms with Crippen molar-refractivity contribution in [2.24, 2.45) is 5.92 Å². The lowest BCUT2D eigenvalue weighted by Crippen LogP contribution is -2.40. The van der Waals surface area contributed by atoms with Gasteiger partial charge in [0.25, 0.3) is 11.8 Å². The molecule has 6 nitrogen and oxygen atoms in total. The van der Waals surface area contributed by atoms with Crippen molar-refractivity contribution in [3.05, 3.63) is 17.2 Å². The molecule has 1 N–H and O–H groups in total. The molecule has 2 amide bonds. The summed E-state index contributed by atoms with van der Waals surface area (Å²) in [6.07, 6.45) is 7.14. The summed E-state index contributed by atoms with van der Waals surface area (Å²) < 4.78 is 2.00. The number of amides is 2. The lowest BCUT2D eigenvalue weighted by Gasteiger charge is -2.31. The first kappa shape index (κ1) is 18.0. The third-order valence-electron chi connectivity index (χ3n) is 5.28. The highest BCUT2D eigenvalue weighted by molar-refractivity contribution is 5.97. The molecule has 1 unspecified atom stereocenters. The second-order valence-corrected chi connectivity index (χ2v) is 7.45. The Morgan fingerprint density at radius 2 is 2.08 bits per heavy atom. The zero-order valence-corrected chi connectivity index (χ0v) is 15.5. The number of rotatable bonds is 5. The zero-order valence-electron chi connectivity index (χ0n) is 15.5. The van der Waals surface area contributed by atoms with E-state index in [0.29, 0.717) is 24.0 Å². The van der Waals surface area contributed by atoms with Gasteiger partial charge in [-0.25, -0.2) is 4.98 Å². The number of likely N-dealkylation sites (tertiary alicyclic amines) is 1. The number of unbranched alkanes of at least 4 members (excludes halogenated alkanes) is 1. The van der Waals surface area contributed by atoms with Crippen molar-refractivity contribution < 1.29 is 9.59 Å². The van der Waals surface area contributed by atoms with Crippen LogP contribution in [0.1, 0.15) is 79.2 Å². The molecule has 1 atom stereocenters. The fourth-order valence-electron chi connectivity index (χ4n) is 3.87. The Morgan fingerprint density at radius 3 is 2.84 bits per heavy atom. The molecule has 0 spiro atoms. The van der Waals surface area contributed by atoms with Gasteiger partial charge in [-0.3, -0.25) is 9.59 Å². The summed E-state index contributed by atoms with van der Waals surface area (Å²) >= 11 is 0. The molecule has 1 aromatic rings. The summed E-state index contributed by atoms with van der Waals surface area (Å²) in [5.41, 5.74) is 1.40. The predicted octanol–water partition coefficient (Wildman–Crippen LogP) is 2.62. The van der Waals surface area contributed by atoms with Crippen molar-refractivity contribution in [3.63, 3.8) is 0 Å². The third kappa shape index (κ3) is 3.88. The van der Waals surface area contributed by atoms with Crippen LogP contribution in [-0.2, 0) is 13.0 Å². The molecule has 1 saturated heterocycles. The minimum Gasteiger partial charge on any atom is -0.351 e. The fraction of sp³-hybridized carbons (Fsp3) is 0.737. The van der Waals surface area contributed by atoms with Gasteiger partial charge >= 0.3 is 0 Å². The van der Waals surface area contributed by atoms with Gasteiger partial charge in [-0.1, -0.05) is 20.3 Å². The van der Waals surface area contributed by atoms with Gasteiger partial charge in [0.15, 0.2) is 5.82 Å². The number of hydrogen-bond acceptors (Lipinski definition) is 3. The molecule has 3 heterocycles. The van der Waals surface area contributed by atoms with E-state index in [9.17, 15) is 9.59 Å². The maximum absolute atomic E-state index is 13.0. The highest BCUT2D eigenvalue weighted by atomic mass is 16.2. The van der Waals surface area contributed by atoms with E-state index in [1.807, 2.05) is 9.47 Å². The lowest BCUT2D eigenvalue weighted by atomic mass is 10.0. The van der Waals surface area contributed by atoms with Gasteiger partial charge in [0.1, 0.15) is 5.69 Å². The van der Waals surface area contributed by atoms with E-state index in [1.54, 1.807) is 0 Å². The minimum absolute atomic E-state index is 0.0118. The molecule has 2 aliphatic heterocycles. The maximum Gasteiger partial charge on any atom is 0.289 e. The number of carbonyl (C=O) groups is 2. The van der Waals surface area contributed by atoms with Crippen molar-refractivity contribution >= 4 is 11.8 Å². The Kier molecular flexibility index (Phi) is 5.76. The SMILES string of the molecule is CCCCNC(=O)c1nc(C(=O)N2CCCC(C)C2)n2c1CCCC2. The molecule has 1 aromatic heterocycles. The maximum atomic E-state index is 13.0. The van der Waals surface area contributed by atoms with Crippen LogP contribution < -0.4 is 5.32 Å². The first-order valence-electron chi connectivity index (χ1n) is 9.78. The van der Waals surface area contributed by atoms with Gasteiger partial charge in [-0.05, 0) is 44.4 Å². The molecule has 1 fully saturated rings. The Balaban J connectivity index is 1.84. The Morgan fingerprint density at radius 1 is 1.24 bits per heavy atom. The monoisotopic (exact) mass is 346 g/mol. The number of aromatic nitrogens is 2. The van der Waals surface area contributed by atoms with Crippen LogP contribution in [0.2, 0.25) is 0 Å². The number of imidazole rings is 1. The van der Waals surface area contributed by atoms with E-state index < -0.39 is 0 Å². The number of fused-ring (bicyclic) bond motifs is 1. The van der Waals surface area contributed by atoms with Crippen LogP contribution >= 0.6 is 0 Å². The van der Waals surface area contributed by atoms with Crippen molar-refractivity contribution in [3.8, 4) is 0 Å². The average molecular weight is 346 g/mol. The summed E-state index contributed by atoms with van der Waals surface area (Å²) in [5, 5.41) is 2.95. The summed E-state index contributed by atoms with van der Waals surface area (Å²) in [4.78, 5) is 32.0. The molecule has 6 heteroatoms. The van der Waals surface area contributed by atoms with Crippen LogP contribution in [0.5, 0.6) is 0 Å². The van der Waals surface area contributed by atoms with E-state index in [-0.39, 0.29) is 11.8 Å². The van der Waals surface area contributed by atoms with Gasteiger partial charge in [0.2, 0.25) is 0 Å². The highest BCUT2D eigenvalue weighted by Crippen LogP contribution is 2.24. The summed E-state index contributed by atoms with van der Waals surface area (Å²) in [6.45, 7) is 7.32. The van der Waals surface area contributed by atoms with Crippen molar-refractivity contribution in [1.29, 1.82) is 0 Å². The normalized spacial score (nSPS) is 20.2. The van der Waals surface area contributed by atoms with Crippen LogP contribution in [0.4, 0.5) is 0 Å². The molecular weight excluding hydrogens is 316 g/mol. The predicted molar refractivity (Wildman–Crippen MR) is 96.7 cm³/mol. The van der Waals surface area contributed by atoms with Gasteiger partial charge in [-0.2, -0.15) is 0 Å². The first-order valence-corrected chi connectivity index (χ1v) is 9.78. The summed E-state index contributed by atoms with van der Waals surface area (Å²) in [7, 11) is 0.